The van der Waals surface area contributed by atoms with Crippen molar-refractivity contribution in [2.75, 3.05) is 32.9 Å². The van der Waals surface area contributed by atoms with Crippen LogP contribution in [0.3, 0.4) is 0 Å². The highest BCUT2D eigenvalue weighted by Crippen LogP contribution is 2.31. The molecule has 102 valence electrons. The molecule has 0 aliphatic carbocycles. The van der Waals surface area contributed by atoms with Gasteiger partial charge in [0.2, 0.25) is 0 Å². The fourth-order valence-corrected chi connectivity index (χ4v) is 2.67. The number of hydrogen-bond acceptors (Lipinski definition) is 6. The Morgan fingerprint density at radius 2 is 2.32 bits per heavy atom. The van der Waals surface area contributed by atoms with Crippen LogP contribution in [0.25, 0.3) is 10.2 Å². The number of aromatic nitrogens is 2. The van der Waals surface area contributed by atoms with E-state index in [1.165, 1.54) is 11.3 Å². The van der Waals surface area contributed by atoms with Crippen LogP contribution in [-0.4, -0.2) is 48.2 Å². The number of nitrogens with one attached hydrogen (secondary N) is 1. The molecule has 2 aromatic rings. The summed E-state index contributed by atoms with van der Waals surface area (Å²) >= 11 is 1.28. The maximum absolute atomic E-state index is 12.0. The quantitative estimate of drug-likeness (QED) is 0.796. The molecule has 6 nitrogen and oxygen atoms in total. The minimum atomic E-state index is -0.140. The van der Waals surface area contributed by atoms with Gasteiger partial charge in [-0.3, -0.25) is 4.79 Å². The van der Waals surface area contributed by atoms with E-state index >= 15 is 0 Å². The molecule has 7 heteroatoms. The van der Waals surface area contributed by atoms with Crippen LogP contribution < -0.4 is 11.1 Å². The molecule has 0 fully saturated rings. The summed E-state index contributed by atoms with van der Waals surface area (Å²) in [4.78, 5) is 15.3. The van der Waals surface area contributed by atoms with Gasteiger partial charge in [-0.25, -0.2) is 0 Å². The lowest BCUT2D eigenvalue weighted by Gasteiger charge is -2.09. The van der Waals surface area contributed by atoms with Gasteiger partial charge in [0.25, 0.3) is 5.91 Å². The molecule has 0 aliphatic rings. The first-order chi connectivity index (χ1) is 9.09. The summed E-state index contributed by atoms with van der Waals surface area (Å²) in [7, 11) is 4.01. The number of carbonyl (C=O) groups excluding carboxylic acids is 1. The van der Waals surface area contributed by atoms with Crippen molar-refractivity contribution in [1.29, 1.82) is 0 Å². The third kappa shape index (κ3) is 3.18. The summed E-state index contributed by atoms with van der Waals surface area (Å²) in [5, 5.41) is 11.4. The lowest BCUT2D eigenvalue weighted by atomic mass is 10.3. The van der Waals surface area contributed by atoms with Gasteiger partial charge in [-0.05, 0) is 33.1 Å². The third-order valence-corrected chi connectivity index (χ3v) is 3.80. The van der Waals surface area contributed by atoms with Crippen molar-refractivity contribution in [2.45, 2.75) is 6.42 Å². The van der Waals surface area contributed by atoms with Crippen LogP contribution in [-0.2, 0) is 0 Å². The Bertz CT molecular complexity index is 581. The number of nitrogen functional groups attached to an aromatic ring is 1. The second-order valence-electron chi connectivity index (χ2n) is 4.51. The number of nitrogens with two attached hydrogens (primary N) is 1. The summed E-state index contributed by atoms with van der Waals surface area (Å²) in [5.41, 5.74) is 6.45. The van der Waals surface area contributed by atoms with Gasteiger partial charge in [0.1, 0.15) is 9.71 Å². The zero-order valence-electron chi connectivity index (χ0n) is 11.0. The molecule has 2 heterocycles. The Labute approximate surface area is 115 Å². The molecule has 2 rings (SSSR count). The van der Waals surface area contributed by atoms with E-state index in [4.69, 9.17) is 5.73 Å². The van der Waals surface area contributed by atoms with E-state index in [0.717, 1.165) is 18.4 Å². The van der Waals surface area contributed by atoms with E-state index < -0.39 is 0 Å². The maximum Gasteiger partial charge on any atom is 0.263 e. The number of carbonyl (C=O) groups is 1. The molecule has 19 heavy (non-hydrogen) atoms. The summed E-state index contributed by atoms with van der Waals surface area (Å²) in [6.45, 7) is 1.57. The molecule has 0 aromatic carbocycles. The first kappa shape index (κ1) is 13.7. The first-order valence-corrected chi connectivity index (χ1v) is 6.84. The van der Waals surface area contributed by atoms with Gasteiger partial charge in [-0.2, -0.15) is 5.10 Å². The van der Waals surface area contributed by atoms with Gasteiger partial charge < -0.3 is 16.0 Å². The SMILES string of the molecule is CN(C)CCCNC(=O)c1sc2nnccc2c1N. The lowest BCUT2D eigenvalue weighted by Crippen LogP contribution is -2.27. The molecule has 0 saturated heterocycles. The van der Waals surface area contributed by atoms with Crippen LogP contribution in [0.2, 0.25) is 0 Å². The monoisotopic (exact) mass is 279 g/mol. The fraction of sp³-hybridized carbons (Fsp3) is 0.417. The summed E-state index contributed by atoms with van der Waals surface area (Å²) in [6, 6.07) is 1.77. The zero-order valence-corrected chi connectivity index (χ0v) is 11.8. The highest BCUT2D eigenvalue weighted by molar-refractivity contribution is 7.21. The normalized spacial score (nSPS) is 11.1. The van der Waals surface area contributed by atoms with Crippen molar-refractivity contribution < 1.29 is 4.79 Å². The van der Waals surface area contributed by atoms with Crippen molar-refractivity contribution in [1.82, 2.24) is 20.4 Å². The van der Waals surface area contributed by atoms with Crippen LogP contribution in [0.15, 0.2) is 12.3 Å². The lowest BCUT2D eigenvalue weighted by molar-refractivity contribution is 0.0957. The molecule has 0 aliphatic heterocycles. The number of rotatable bonds is 5. The minimum absolute atomic E-state index is 0.140. The maximum atomic E-state index is 12.0. The molecule has 0 saturated carbocycles. The molecule has 0 atom stereocenters. The number of amides is 1. The fourth-order valence-electron chi connectivity index (χ4n) is 1.72. The minimum Gasteiger partial charge on any atom is -0.397 e. The van der Waals surface area contributed by atoms with Gasteiger partial charge >= 0.3 is 0 Å². The number of anilines is 1. The van der Waals surface area contributed by atoms with Crippen LogP contribution in [0.1, 0.15) is 16.1 Å². The molecule has 1 amide bonds. The van der Waals surface area contributed by atoms with E-state index in [-0.39, 0.29) is 5.91 Å². The number of nitrogens with zero attached hydrogens (tertiary/aromatic N) is 3. The van der Waals surface area contributed by atoms with Crippen LogP contribution in [0, 0.1) is 0 Å². The molecular formula is C12H17N5OS. The van der Waals surface area contributed by atoms with E-state index in [1.54, 1.807) is 12.3 Å². The average Bonchev–Trinajstić information content (AvgIpc) is 2.72. The number of hydrogen-bond donors (Lipinski definition) is 2. The average molecular weight is 279 g/mol. The van der Waals surface area contributed by atoms with Crippen LogP contribution in [0.4, 0.5) is 5.69 Å². The highest BCUT2D eigenvalue weighted by Gasteiger charge is 2.16. The van der Waals surface area contributed by atoms with Crippen molar-refractivity contribution in [3.8, 4) is 0 Å². The van der Waals surface area contributed by atoms with Gasteiger partial charge in [0, 0.05) is 11.9 Å². The summed E-state index contributed by atoms with van der Waals surface area (Å²) < 4.78 is 0. The van der Waals surface area contributed by atoms with Crippen molar-refractivity contribution in [2.24, 2.45) is 0 Å². The highest BCUT2D eigenvalue weighted by atomic mass is 32.1. The van der Waals surface area contributed by atoms with Gasteiger partial charge in [0.15, 0.2) is 0 Å². The first-order valence-electron chi connectivity index (χ1n) is 6.02. The van der Waals surface area contributed by atoms with Crippen LogP contribution in [0.5, 0.6) is 0 Å². The predicted molar refractivity (Wildman–Crippen MR) is 77.3 cm³/mol. The molecule has 0 bridgehead atoms. The van der Waals surface area contributed by atoms with Gasteiger partial charge in [-0.1, -0.05) is 0 Å². The molecule has 0 spiro atoms. The van der Waals surface area contributed by atoms with E-state index in [9.17, 15) is 4.79 Å². The summed E-state index contributed by atoms with van der Waals surface area (Å²) in [6.07, 6.45) is 2.48. The largest absolute Gasteiger partial charge is 0.397 e. The smallest absolute Gasteiger partial charge is 0.263 e. The zero-order chi connectivity index (χ0) is 13.8. The Kier molecular flexibility index (Phi) is 4.28. The molecule has 3 N–H and O–H groups in total. The van der Waals surface area contributed by atoms with E-state index in [2.05, 4.69) is 20.4 Å². The number of fused-ring (bicyclic) bond motifs is 1. The Morgan fingerprint density at radius 3 is 3.00 bits per heavy atom. The van der Waals surface area contributed by atoms with Gasteiger partial charge in [-0.15, -0.1) is 16.4 Å². The Morgan fingerprint density at radius 1 is 1.53 bits per heavy atom. The Balaban J connectivity index is 2.03. The summed E-state index contributed by atoms with van der Waals surface area (Å²) in [5.74, 6) is -0.140. The van der Waals surface area contributed by atoms with Crippen molar-refractivity contribution in [3.05, 3.63) is 17.1 Å². The van der Waals surface area contributed by atoms with E-state index in [0.29, 0.717) is 21.9 Å². The molecule has 0 radical (unpaired) electrons. The topological polar surface area (TPSA) is 84.1 Å². The molecular weight excluding hydrogens is 262 g/mol. The Hall–Kier alpha value is -1.73. The van der Waals surface area contributed by atoms with Crippen molar-refractivity contribution in [3.63, 3.8) is 0 Å². The van der Waals surface area contributed by atoms with Crippen molar-refractivity contribution >= 4 is 33.1 Å². The van der Waals surface area contributed by atoms with Crippen LogP contribution >= 0.6 is 11.3 Å². The molecule has 2 aromatic heterocycles. The standard InChI is InChI=1S/C12H17N5OS/c1-17(2)7-3-5-14-11(18)10-9(13)8-4-6-15-16-12(8)19-10/h4,6H,3,5,7,13H2,1-2H3,(H,14,18). The third-order valence-electron chi connectivity index (χ3n) is 2.69. The second kappa shape index (κ2) is 5.94. The molecule has 0 unspecified atom stereocenters. The number of thiophene rings is 1. The van der Waals surface area contributed by atoms with Gasteiger partial charge in [0.05, 0.1) is 11.9 Å². The second-order valence-corrected chi connectivity index (χ2v) is 5.51. The predicted octanol–water partition coefficient (Wildman–Crippen LogP) is 0.955. The van der Waals surface area contributed by atoms with E-state index in [1.807, 2.05) is 14.1 Å².